The fourth-order valence-corrected chi connectivity index (χ4v) is 8.24. The van der Waals surface area contributed by atoms with Crippen molar-refractivity contribution in [2.75, 3.05) is 26.4 Å². The first-order chi connectivity index (χ1) is 35.2. The molecule has 0 saturated heterocycles. The number of esters is 3. The van der Waals surface area contributed by atoms with Gasteiger partial charge >= 0.3 is 25.7 Å². The van der Waals surface area contributed by atoms with Gasteiger partial charge in [0.25, 0.3) is 0 Å². The number of phosphoric ester groups is 1. The molecule has 0 aliphatic carbocycles. The Morgan fingerprint density at radius 2 is 0.778 bits per heavy atom. The van der Waals surface area contributed by atoms with Gasteiger partial charge in [0.05, 0.1) is 19.8 Å². The number of ether oxygens (including phenoxy) is 3. The van der Waals surface area contributed by atoms with E-state index in [0.29, 0.717) is 19.3 Å². The molecule has 0 bridgehead atoms. The summed E-state index contributed by atoms with van der Waals surface area (Å²) in [7, 11) is -4.77. The molecule has 0 heterocycles. The van der Waals surface area contributed by atoms with E-state index >= 15 is 0 Å². The molecule has 2 N–H and O–H groups in total. The second-order valence-electron chi connectivity index (χ2n) is 18.7. The van der Waals surface area contributed by atoms with Crippen molar-refractivity contribution in [1.29, 1.82) is 0 Å². The second-order valence-corrected chi connectivity index (χ2v) is 20.2. The molecule has 3 unspecified atom stereocenters. The number of aliphatic hydroxyl groups is 1. The van der Waals surface area contributed by atoms with E-state index in [1.165, 1.54) is 89.9 Å². The molecule has 72 heavy (non-hydrogen) atoms. The Bertz CT molecular complexity index is 1530. The number of hydrogen-bond acceptors (Lipinski definition) is 10. The number of rotatable bonds is 52. The van der Waals surface area contributed by atoms with E-state index in [-0.39, 0.29) is 25.9 Å². The topological polar surface area (TPSA) is 155 Å². The lowest BCUT2D eigenvalue weighted by Crippen LogP contribution is -2.30. The minimum Gasteiger partial charge on any atom is -0.462 e. The molecule has 0 radical (unpaired) electrons. The number of hydrogen-bond donors (Lipinski definition) is 2. The molecule has 0 aliphatic rings. The van der Waals surface area contributed by atoms with Crippen LogP contribution in [0.4, 0.5) is 0 Å². The van der Waals surface area contributed by atoms with Gasteiger partial charge in [-0.05, 0) is 96.3 Å². The maximum Gasteiger partial charge on any atom is 0.472 e. The van der Waals surface area contributed by atoms with Crippen LogP contribution in [0.5, 0.6) is 0 Å². The number of allylic oxidation sites excluding steroid dienone is 14. The summed E-state index contributed by atoms with van der Waals surface area (Å²) in [5.41, 5.74) is 0. The molecule has 0 aliphatic heterocycles. The summed E-state index contributed by atoms with van der Waals surface area (Å²) in [6, 6.07) is 0. The van der Waals surface area contributed by atoms with E-state index in [1.54, 1.807) is 0 Å². The predicted molar refractivity (Wildman–Crippen MR) is 298 cm³/mol. The maximum atomic E-state index is 12.9. The molecule has 3 atom stereocenters. The fraction of sp³-hybridized carbons (Fsp3) is 0.717. The van der Waals surface area contributed by atoms with Gasteiger partial charge in [-0.15, -0.1) is 0 Å². The van der Waals surface area contributed by atoms with Gasteiger partial charge in [0.1, 0.15) is 12.7 Å². The molecular formula is C60H103O11P. The number of aliphatic hydroxyl groups excluding tert-OH is 1. The van der Waals surface area contributed by atoms with Crippen LogP contribution in [-0.2, 0) is 42.2 Å². The molecule has 0 saturated carbocycles. The lowest BCUT2D eigenvalue weighted by atomic mass is 10.1. The molecule has 0 amide bonds. The zero-order valence-electron chi connectivity index (χ0n) is 45.6. The standard InChI is InChI=1S/C60H103O11P/c1-4-7-10-13-16-19-22-25-26-27-28-29-30-33-36-39-42-45-48-51-60(64)71-57(53-67-58(62)49-46-43-40-37-34-31-23-20-17-14-11-8-5-2)55-69-72(65,66)68-54-56(52-61)70-59(63)50-47-44-41-38-35-32-24-21-18-15-12-9-6-3/h9,11-12,14,18,20-21,23,25-26,32,35,41,44,56-57,61H,4-8,10,13,15-17,19,22,24,27-31,33-34,36-40,42-43,45-55H2,1-3H3,(H,65,66)/b12-9-,14-11-,21-18-,23-20-,26-25-,35-32-,44-41-. The normalized spacial score (nSPS) is 14.0. The lowest BCUT2D eigenvalue weighted by Gasteiger charge is -2.21. The smallest absolute Gasteiger partial charge is 0.462 e. The molecular weight excluding hydrogens is 928 g/mol. The summed E-state index contributed by atoms with van der Waals surface area (Å²) in [6.45, 7) is 4.36. The minimum atomic E-state index is -4.77. The molecule has 12 heteroatoms. The zero-order valence-corrected chi connectivity index (χ0v) is 46.5. The quantitative estimate of drug-likeness (QED) is 0.0197. The van der Waals surface area contributed by atoms with E-state index in [1.807, 2.05) is 12.2 Å². The van der Waals surface area contributed by atoms with Crippen molar-refractivity contribution in [2.45, 2.75) is 251 Å². The average Bonchev–Trinajstić information content (AvgIpc) is 3.37. The van der Waals surface area contributed by atoms with Gasteiger partial charge in [-0.2, -0.15) is 0 Å². The van der Waals surface area contributed by atoms with Crippen LogP contribution in [0.3, 0.4) is 0 Å². The minimum absolute atomic E-state index is 0.0527. The van der Waals surface area contributed by atoms with Crippen LogP contribution in [-0.4, -0.2) is 66.5 Å². The Balaban J connectivity index is 4.78. The fourth-order valence-electron chi connectivity index (χ4n) is 7.46. The van der Waals surface area contributed by atoms with Gasteiger partial charge < -0.3 is 24.2 Å². The van der Waals surface area contributed by atoms with Gasteiger partial charge in [-0.3, -0.25) is 23.4 Å². The van der Waals surface area contributed by atoms with Crippen molar-refractivity contribution in [2.24, 2.45) is 0 Å². The van der Waals surface area contributed by atoms with E-state index in [4.69, 9.17) is 23.3 Å². The first-order valence-corrected chi connectivity index (χ1v) is 30.0. The first kappa shape index (κ1) is 68.7. The van der Waals surface area contributed by atoms with Crippen LogP contribution >= 0.6 is 7.82 Å². The van der Waals surface area contributed by atoms with E-state index in [0.717, 1.165) is 89.9 Å². The predicted octanol–water partition coefficient (Wildman–Crippen LogP) is 16.7. The summed E-state index contributed by atoms with van der Waals surface area (Å²) in [5.74, 6) is -1.57. The molecule has 414 valence electrons. The van der Waals surface area contributed by atoms with Gasteiger partial charge in [0, 0.05) is 19.3 Å². The average molecular weight is 1030 g/mol. The highest BCUT2D eigenvalue weighted by molar-refractivity contribution is 7.47. The number of phosphoric acid groups is 1. The first-order valence-electron chi connectivity index (χ1n) is 28.5. The Morgan fingerprint density at radius 3 is 1.26 bits per heavy atom. The number of unbranched alkanes of at least 4 members (excludes halogenated alkanes) is 21. The van der Waals surface area contributed by atoms with Crippen molar-refractivity contribution in [3.63, 3.8) is 0 Å². The lowest BCUT2D eigenvalue weighted by molar-refractivity contribution is -0.161. The molecule has 0 aromatic heterocycles. The third kappa shape index (κ3) is 51.6. The highest BCUT2D eigenvalue weighted by atomic mass is 31.2. The molecule has 0 spiro atoms. The van der Waals surface area contributed by atoms with Gasteiger partial charge in [0.15, 0.2) is 6.10 Å². The molecule has 0 rings (SSSR count). The van der Waals surface area contributed by atoms with Gasteiger partial charge in [-0.1, -0.05) is 209 Å². The summed E-state index contributed by atoms with van der Waals surface area (Å²) < 4.78 is 39.4. The second kappa shape index (κ2) is 53.9. The van der Waals surface area contributed by atoms with Crippen molar-refractivity contribution in [1.82, 2.24) is 0 Å². The van der Waals surface area contributed by atoms with Crippen molar-refractivity contribution in [3.05, 3.63) is 85.1 Å². The SMILES string of the molecule is CC/C=C\C/C=C\C/C=C\C/C=C\CCC(=O)OC(CO)COP(=O)(O)OCC(COC(=O)CCCCCCC/C=C\C/C=C\CCC)OC(=O)CCCCCCCCCCC/C=C\CCCCCCCC. The molecule has 0 fully saturated rings. The highest BCUT2D eigenvalue weighted by Crippen LogP contribution is 2.43. The third-order valence-electron chi connectivity index (χ3n) is 11.8. The van der Waals surface area contributed by atoms with Crippen LogP contribution in [0.2, 0.25) is 0 Å². The summed E-state index contributed by atoms with van der Waals surface area (Å²) in [6.07, 6.45) is 61.4. The summed E-state index contributed by atoms with van der Waals surface area (Å²) in [5, 5.41) is 9.78. The monoisotopic (exact) mass is 1030 g/mol. The van der Waals surface area contributed by atoms with Crippen LogP contribution < -0.4 is 0 Å². The highest BCUT2D eigenvalue weighted by Gasteiger charge is 2.28. The Hall–Kier alpha value is -3.34. The summed E-state index contributed by atoms with van der Waals surface area (Å²) in [4.78, 5) is 48.4. The van der Waals surface area contributed by atoms with E-state index in [9.17, 15) is 28.9 Å². The molecule has 0 aromatic carbocycles. The number of carbonyl (C=O) groups excluding carboxylic acids is 3. The molecule has 11 nitrogen and oxygen atoms in total. The van der Waals surface area contributed by atoms with E-state index < -0.39 is 57.8 Å². The molecule has 0 aromatic rings. The van der Waals surface area contributed by atoms with Crippen LogP contribution in [0, 0.1) is 0 Å². The van der Waals surface area contributed by atoms with Crippen LogP contribution in [0.15, 0.2) is 85.1 Å². The largest absolute Gasteiger partial charge is 0.472 e. The van der Waals surface area contributed by atoms with Gasteiger partial charge in [0.2, 0.25) is 0 Å². The van der Waals surface area contributed by atoms with Crippen LogP contribution in [0.1, 0.15) is 239 Å². The Morgan fingerprint density at radius 1 is 0.403 bits per heavy atom. The Labute approximate surface area is 439 Å². The van der Waals surface area contributed by atoms with Crippen molar-refractivity contribution in [3.8, 4) is 0 Å². The Kier molecular flexibility index (Phi) is 51.4. The van der Waals surface area contributed by atoms with Crippen molar-refractivity contribution < 1.29 is 52.2 Å². The summed E-state index contributed by atoms with van der Waals surface area (Å²) >= 11 is 0. The maximum absolute atomic E-state index is 12.9. The van der Waals surface area contributed by atoms with Crippen LogP contribution in [0.25, 0.3) is 0 Å². The van der Waals surface area contributed by atoms with E-state index in [2.05, 4.69) is 93.7 Å². The van der Waals surface area contributed by atoms with Gasteiger partial charge in [-0.25, -0.2) is 4.57 Å². The third-order valence-corrected chi connectivity index (χ3v) is 12.7. The zero-order chi connectivity index (χ0) is 52.7. The number of carbonyl (C=O) groups is 3. The van der Waals surface area contributed by atoms with Crippen molar-refractivity contribution >= 4 is 25.7 Å².